The van der Waals surface area contributed by atoms with E-state index in [-0.39, 0.29) is 11.9 Å². The molecule has 29 heavy (non-hydrogen) atoms. The van der Waals surface area contributed by atoms with Crippen LogP contribution in [0.15, 0.2) is 48.8 Å². The van der Waals surface area contributed by atoms with Crippen LogP contribution in [0.1, 0.15) is 37.6 Å². The first-order chi connectivity index (χ1) is 14.2. The summed E-state index contributed by atoms with van der Waals surface area (Å²) in [7, 11) is 0. The molecule has 0 spiro atoms. The molecule has 0 N–H and O–H groups in total. The van der Waals surface area contributed by atoms with Crippen molar-refractivity contribution in [2.24, 2.45) is 0 Å². The molecule has 1 unspecified atom stereocenters. The van der Waals surface area contributed by atoms with Gasteiger partial charge in [-0.15, -0.1) is 0 Å². The van der Waals surface area contributed by atoms with Crippen molar-refractivity contribution in [1.82, 2.24) is 19.8 Å². The molecule has 0 saturated carbocycles. The van der Waals surface area contributed by atoms with E-state index in [4.69, 9.17) is 4.74 Å². The van der Waals surface area contributed by atoms with Crippen LogP contribution in [0, 0.1) is 0 Å². The summed E-state index contributed by atoms with van der Waals surface area (Å²) in [6, 6.07) is 11.9. The maximum Gasteiger partial charge on any atom is 0.240 e. The highest BCUT2D eigenvalue weighted by Gasteiger charge is 2.48. The predicted octanol–water partition coefficient (Wildman–Crippen LogP) is 2.50. The molecule has 2 fully saturated rings. The maximum absolute atomic E-state index is 14.1. The molecule has 0 radical (unpaired) electrons. The molecule has 0 aliphatic carbocycles. The molecule has 0 bridgehead atoms. The van der Waals surface area contributed by atoms with E-state index in [0.717, 1.165) is 63.6 Å². The summed E-state index contributed by atoms with van der Waals surface area (Å²) in [5, 5.41) is 0. The summed E-state index contributed by atoms with van der Waals surface area (Å²) in [5.74, 6) is 0.132. The number of carbonyl (C=O) groups excluding carboxylic acids is 1. The van der Waals surface area contributed by atoms with Gasteiger partial charge in [-0.3, -0.25) is 19.7 Å². The molecule has 4 heterocycles. The monoisotopic (exact) mass is 394 g/mol. The molecule has 154 valence electrons. The first-order valence-corrected chi connectivity index (χ1v) is 10.7. The lowest BCUT2D eigenvalue weighted by molar-refractivity contribution is -0.136. The molecule has 2 aliphatic rings. The fourth-order valence-electron chi connectivity index (χ4n) is 4.66. The second kappa shape index (κ2) is 9.01. The van der Waals surface area contributed by atoms with Gasteiger partial charge in [-0.25, -0.2) is 0 Å². The van der Waals surface area contributed by atoms with Crippen molar-refractivity contribution >= 4 is 5.91 Å². The number of carbonyl (C=O) groups is 1. The van der Waals surface area contributed by atoms with E-state index in [0.29, 0.717) is 6.42 Å². The molecule has 1 amide bonds. The highest BCUT2D eigenvalue weighted by atomic mass is 16.5. The highest BCUT2D eigenvalue weighted by Crippen LogP contribution is 2.38. The van der Waals surface area contributed by atoms with Gasteiger partial charge in [-0.05, 0) is 50.5 Å². The Hall–Kier alpha value is -2.31. The van der Waals surface area contributed by atoms with Gasteiger partial charge >= 0.3 is 0 Å². The number of morpholine rings is 1. The number of hydrogen-bond donors (Lipinski definition) is 0. The second-order valence-electron chi connectivity index (χ2n) is 8.04. The van der Waals surface area contributed by atoms with Crippen LogP contribution in [0.3, 0.4) is 0 Å². The lowest BCUT2D eigenvalue weighted by Gasteiger charge is -2.40. The Morgan fingerprint density at radius 2 is 1.59 bits per heavy atom. The van der Waals surface area contributed by atoms with Crippen LogP contribution in [0.2, 0.25) is 0 Å². The van der Waals surface area contributed by atoms with Crippen LogP contribution in [0.25, 0.3) is 0 Å². The SMILES string of the molecule is CC(CC(C(=O)N1CCCC1)(c1ccccn1)c1ccccn1)N1CCOCC1. The zero-order valence-electron chi connectivity index (χ0n) is 17.2. The first kappa shape index (κ1) is 20.0. The van der Waals surface area contributed by atoms with E-state index in [1.54, 1.807) is 12.4 Å². The van der Waals surface area contributed by atoms with Crippen molar-refractivity contribution in [3.8, 4) is 0 Å². The Bertz CT molecular complexity index is 748. The average molecular weight is 395 g/mol. The van der Waals surface area contributed by atoms with Gasteiger partial charge in [0.25, 0.3) is 0 Å². The Morgan fingerprint density at radius 3 is 2.10 bits per heavy atom. The Kier molecular flexibility index (Phi) is 6.21. The third kappa shape index (κ3) is 4.05. The number of nitrogens with zero attached hydrogens (tertiary/aromatic N) is 4. The van der Waals surface area contributed by atoms with Crippen molar-refractivity contribution in [3.63, 3.8) is 0 Å². The van der Waals surface area contributed by atoms with Crippen LogP contribution in [-0.2, 0) is 14.9 Å². The second-order valence-corrected chi connectivity index (χ2v) is 8.04. The van der Waals surface area contributed by atoms with Crippen molar-refractivity contribution in [3.05, 3.63) is 60.2 Å². The van der Waals surface area contributed by atoms with E-state index < -0.39 is 5.41 Å². The quantitative estimate of drug-likeness (QED) is 0.753. The molecular formula is C23H30N4O2. The average Bonchev–Trinajstić information content (AvgIpc) is 3.34. The zero-order valence-corrected chi connectivity index (χ0v) is 17.2. The highest BCUT2D eigenvalue weighted by molar-refractivity contribution is 5.91. The van der Waals surface area contributed by atoms with E-state index in [9.17, 15) is 4.79 Å². The number of ether oxygens (including phenoxy) is 1. The molecule has 2 aliphatic heterocycles. The van der Waals surface area contributed by atoms with Gasteiger partial charge in [0.2, 0.25) is 5.91 Å². The minimum absolute atomic E-state index is 0.132. The molecule has 1 atom stereocenters. The number of rotatable bonds is 6. The third-order valence-corrected chi connectivity index (χ3v) is 6.23. The van der Waals surface area contributed by atoms with Gasteiger partial charge < -0.3 is 9.64 Å². The van der Waals surface area contributed by atoms with E-state index >= 15 is 0 Å². The topological polar surface area (TPSA) is 58.6 Å². The van der Waals surface area contributed by atoms with Crippen molar-refractivity contribution in [1.29, 1.82) is 0 Å². The van der Waals surface area contributed by atoms with Gasteiger partial charge in [-0.1, -0.05) is 12.1 Å². The molecule has 6 heteroatoms. The largest absolute Gasteiger partial charge is 0.379 e. The van der Waals surface area contributed by atoms with Crippen LogP contribution >= 0.6 is 0 Å². The zero-order chi connectivity index (χ0) is 20.1. The summed E-state index contributed by atoms with van der Waals surface area (Å²) in [5.41, 5.74) is 0.691. The third-order valence-electron chi connectivity index (χ3n) is 6.23. The summed E-state index contributed by atoms with van der Waals surface area (Å²) < 4.78 is 5.54. The Labute approximate surface area is 172 Å². The molecular weight excluding hydrogens is 364 g/mol. The van der Waals surface area contributed by atoms with Gasteiger partial charge in [0.05, 0.1) is 24.6 Å². The molecule has 0 aromatic carbocycles. The summed E-state index contributed by atoms with van der Waals surface area (Å²) >= 11 is 0. The molecule has 2 aromatic rings. The van der Waals surface area contributed by atoms with Crippen LogP contribution < -0.4 is 0 Å². The van der Waals surface area contributed by atoms with E-state index in [1.165, 1.54) is 0 Å². The molecule has 4 rings (SSSR count). The number of pyridine rings is 2. The van der Waals surface area contributed by atoms with Crippen LogP contribution in [0.5, 0.6) is 0 Å². The number of aromatic nitrogens is 2. The van der Waals surface area contributed by atoms with E-state index in [1.807, 2.05) is 41.3 Å². The number of amides is 1. The van der Waals surface area contributed by atoms with Crippen LogP contribution in [-0.4, -0.2) is 71.1 Å². The smallest absolute Gasteiger partial charge is 0.240 e. The Balaban J connectivity index is 1.79. The molecule has 2 saturated heterocycles. The van der Waals surface area contributed by atoms with Crippen molar-refractivity contribution < 1.29 is 9.53 Å². The number of likely N-dealkylation sites (tertiary alicyclic amines) is 1. The normalized spacial score (nSPS) is 19.3. The first-order valence-electron chi connectivity index (χ1n) is 10.7. The summed E-state index contributed by atoms with van der Waals surface area (Å²) in [6.07, 6.45) is 6.33. The fourth-order valence-corrected chi connectivity index (χ4v) is 4.66. The van der Waals surface area contributed by atoms with E-state index in [2.05, 4.69) is 21.8 Å². The summed E-state index contributed by atoms with van der Waals surface area (Å²) in [4.78, 5) is 27.9. The fraction of sp³-hybridized carbons (Fsp3) is 0.522. The predicted molar refractivity (Wildman–Crippen MR) is 112 cm³/mol. The van der Waals surface area contributed by atoms with Gasteiger partial charge in [0.1, 0.15) is 5.41 Å². The van der Waals surface area contributed by atoms with Crippen LogP contribution in [0.4, 0.5) is 0 Å². The molecule has 6 nitrogen and oxygen atoms in total. The van der Waals surface area contributed by atoms with Gasteiger partial charge in [-0.2, -0.15) is 0 Å². The number of hydrogen-bond acceptors (Lipinski definition) is 5. The Morgan fingerprint density at radius 1 is 1.00 bits per heavy atom. The maximum atomic E-state index is 14.1. The van der Waals surface area contributed by atoms with Crippen molar-refractivity contribution in [2.75, 3.05) is 39.4 Å². The lowest BCUT2D eigenvalue weighted by atomic mass is 9.73. The minimum Gasteiger partial charge on any atom is -0.379 e. The molecule has 2 aromatic heterocycles. The van der Waals surface area contributed by atoms with Gasteiger partial charge in [0, 0.05) is 44.6 Å². The lowest BCUT2D eigenvalue weighted by Crippen LogP contribution is -2.52. The standard InChI is InChI=1S/C23H30N4O2/c1-19(26-14-16-29-17-15-26)18-23(20-8-2-4-10-24-20,21-9-3-5-11-25-21)22(28)27-12-6-7-13-27/h2-5,8-11,19H,6-7,12-18H2,1H3. The minimum atomic E-state index is -0.884. The van der Waals surface area contributed by atoms with Gasteiger partial charge in [0.15, 0.2) is 0 Å². The van der Waals surface area contributed by atoms with Crippen molar-refractivity contribution in [2.45, 2.75) is 37.6 Å². The summed E-state index contributed by atoms with van der Waals surface area (Å²) in [6.45, 7) is 7.09.